The van der Waals surface area contributed by atoms with Gasteiger partial charge in [-0.05, 0) is 143 Å². The van der Waals surface area contributed by atoms with E-state index in [0.717, 1.165) is 61.7 Å². The van der Waals surface area contributed by atoms with Crippen molar-refractivity contribution in [3.05, 3.63) is 174 Å². The number of nitrogens with zero attached hydrogens (tertiary/aromatic N) is 3. The maximum absolute atomic E-state index is 6.50. The van der Waals surface area contributed by atoms with Crippen LogP contribution in [-0.4, -0.2) is 12.3 Å². The molecule has 2 aromatic heterocycles. The van der Waals surface area contributed by atoms with Crippen LogP contribution in [0.2, 0.25) is 0 Å². The molecule has 1 saturated carbocycles. The lowest BCUT2D eigenvalue weighted by molar-refractivity contribution is 0.195. The van der Waals surface area contributed by atoms with Crippen LogP contribution in [-0.2, 0) is 16.2 Å². The zero-order valence-electron chi connectivity index (χ0n) is 41.6. The highest BCUT2D eigenvalue weighted by atomic mass is 16.3. The predicted molar refractivity (Wildman–Crippen MR) is 295 cm³/mol. The van der Waals surface area contributed by atoms with Crippen molar-refractivity contribution in [1.29, 1.82) is 0 Å². The third-order valence-electron chi connectivity index (χ3n) is 17.3. The fourth-order valence-corrected chi connectivity index (χ4v) is 13.4. The molecule has 8 aromatic carbocycles. The number of anilines is 8. The third-order valence-corrected chi connectivity index (χ3v) is 17.3. The lowest BCUT2D eigenvalue weighted by Gasteiger charge is -2.51. The fourth-order valence-electron chi connectivity index (χ4n) is 13.4. The minimum atomic E-state index is -0.147. The second kappa shape index (κ2) is 14.2. The first-order valence-electron chi connectivity index (χ1n) is 25.5. The summed E-state index contributed by atoms with van der Waals surface area (Å²) in [6.45, 7) is 19.1. The Bertz CT molecular complexity index is 3640. The quantitative estimate of drug-likeness (QED) is 0.165. The van der Waals surface area contributed by atoms with Gasteiger partial charge in [0.15, 0.2) is 0 Å². The van der Waals surface area contributed by atoms with E-state index in [1.165, 1.54) is 86.5 Å². The van der Waals surface area contributed by atoms with Crippen molar-refractivity contribution >= 4 is 112 Å². The van der Waals surface area contributed by atoms with Crippen LogP contribution in [0.25, 0.3) is 43.9 Å². The fraction of sp³-hybridized carbons (Fsp3) is 0.250. The van der Waals surface area contributed by atoms with E-state index in [0.29, 0.717) is 0 Å². The van der Waals surface area contributed by atoms with E-state index in [-0.39, 0.29) is 28.5 Å². The highest BCUT2D eigenvalue weighted by Crippen LogP contribution is 2.62. The lowest BCUT2D eigenvalue weighted by Crippen LogP contribution is -2.61. The van der Waals surface area contributed by atoms with Gasteiger partial charge < -0.3 is 23.5 Å². The van der Waals surface area contributed by atoms with Gasteiger partial charge in [-0.3, -0.25) is 0 Å². The van der Waals surface area contributed by atoms with Gasteiger partial charge in [-0.2, -0.15) is 0 Å². The molecule has 0 saturated heterocycles. The van der Waals surface area contributed by atoms with Crippen LogP contribution in [0, 0.1) is 0 Å². The molecule has 2 unspecified atom stereocenters. The SMILES string of the molecule is CC(C)(C)c1ccc2c(c1)N(c1ccc3oc4ccccc4c3c1)c1cc(N3c4ccccc4C4(C)CCCCC34C)cc3c1B2c1ccc(C(C)(C)C)cc1N3c1ccc2oc3ccccc3c2c1. The van der Waals surface area contributed by atoms with E-state index in [4.69, 9.17) is 8.83 Å². The summed E-state index contributed by atoms with van der Waals surface area (Å²) in [7, 11) is 0. The van der Waals surface area contributed by atoms with E-state index in [1.807, 2.05) is 0 Å². The maximum Gasteiger partial charge on any atom is 0.252 e. The van der Waals surface area contributed by atoms with Gasteiger partial charge in [0.1, 0.15) is 22.3 Å². The summed E-state index contributed by atoms with van der Waals surface area (Å²) >= 11 is 0. The summed E-state index contributed by atoms with van der Waals surface area (Å²) < 4.78 is 13.0. The molecule has 1 fully saturated rings. The summed E-state index contributed by atoms with van der Waals surface area (Å²) in [4.78, 5) is 7.98. The molecular formula is C64H58BN3O2. The van der Waals surface area contributed by atoms with E-state index in [1.54, 1.807) is 0 Å². The molecule has 0 amide bonds. The van der Waals surface area contributed by atoms with Crippen molar-refractivity contribution in [1.82, 2.24) is 0 Å². The molecule has 2 atom stereocenters. The van der Waals surface area contributed by atoms with Gasteiger partial charge >= 0.3 is 0 Å². The maximum atomic E-state index is 6.50. The molecule has 70 heavy (non-hydrogen) atoms. The van der Waals surface area contributed by atoms with E-state index in [9.17, 15) is 0 Å². The van der Waals surface area contributed by atoms with Gasteiger partial charge in [0.25, 0.3) is 6.71 Å². The molecule has 5 nitrogen and oxygen atoms in total. The van der Waals surface area contributed by atoms with Crippen LogP contribution in [0.4, 0.5) is 45.5 Å². The van der Waals surface area contributed by atoms with Crippen LogP contribution in [0.15, 0.2) is 167 Å². The second-order valence-corrected chi connectivity index (χ2v) is 23.3. The first-order valence-corrected chi connectivity index (χ1v) is 25.5. The minimum Gasteiger partial charge on any atom is -0.456 e. The average Bonchev–Trinajstić information content (AvgIpc) is 3.98. The number of furan rings is 2. The molecule has 344 valence electrons. The van der Waals surface area contributed by atoms with Crippen molar-refractivity contribution in [3.8, 4) is 0 Å². The average molecular weight is 912 g/mol. The Balaban J connectivity index is 1.13. The van der Waals surface area contributed by atoms with E-state index in [2.05, 4.69) is 228 Å². The molecular weight excluding hydrogens is 854 g/mol. The highest BCUT2D eigenvalue weighted by Gasteiger charge is 2.58. The molecule has 6 heteroatoms. The van der Waals surface area contributed by atoms with Crippen LogP contribution in [0.5, 0.6) is 0 Å². The largest absolute Gasteiger partial charge is 0.456 e. The van der Waals surface area contributed by atoms with Crippen LogP contribution in [0.1, 0.15) is 97.8 Å². The smallest absolute Gasteiger partial charge is 0.252 e. The zero-order chi connectivity index (χ0) is 47.6. The molecule has 0 spiro atoms. The van der Waals surface area contributed by atoms with Crippen molar-refractivity contribution in [3.63, 3.8) is 0 Å². The highest BCUT2D eigenvalue weighted by molar-refractivity contribution is 7.00. The van der Waals surface area contributed by atoms with Crippen molar-refractivity contribution in [2.24, 2.45) is 0 Å². The molecule has 14 rings (SSSR count). The van der Waals surface area contributed by atoms with E-state index < -0.39 is 0 Å². The van der Waals surface area contributed by atoms with Crippen LogP contribution >= 0.6 is 0 Å². The van der Waals surface area contributed by atoms with Gasteiger partial charge in [0.05, 0.1) is 5.54 Å². The number of hydrogen-bond acceptors (Lipinski definition) is 5. The number of rotatable bonds is 3. The monoisotopic (exact) mass is 911 g/mol. The Morgan fingerprint density at radius 3 is 1.47 bits per heavy atom. The molecule has 0 bridgehead atoms. The van der Waals surface area contributed by atoms with Crippen molar-refractivity contribution in [2.75, 3.05) is 14.7 Å². The van der Waals surface area contributed by atoms with Crippen LogP contribution in [0.3, 0.4) is 0 Å². The van der Waals surface area contributed by atoms with Gasteiger partial charge in [0.2, 0.25) is 0 Å². The Kier molecular flexibility index (Phi) is 8.49. The summed E-state index contributed by atoms with van der Waals surface area (Å²) in [5.74, 6) is 0. The van der Waals surface area contributed by atoms with E-state index >= 15 is 0 Å². The predicted octanol–water partition coefficient (Wildman–Crippen LogP) is 15.9. The lowest BCUT2D eigenvalue weighted by atomic mass is 9.33. The molecule has 3 aliphatic heterocycles. The van der Waals surface area contributed by atoms with Gasteiger partial charge in [-0.1, -0.05) is 140 Å². The van der Waals surface area contributed by atoms with Gasteiger partial charge in [0, 0.05) is 72.5 Å². The number of benzene rings is 8. The summed E-state index contributed by atoms with van der Waals surface area (Å²) in [6.07, 6.45) is 4.73. The molecule has 10 aromatic rings. The Hall–Kier alpha value is -7.18. The Morgan fingerprint density at radius 2 is 0.929 bits per heavy atom. The Morgan fingerprint density at radius 1 is 0.443 bits per heavy atom. The standard InChI is InChI=1S/C64H58BN3O2/c1-61(2,3)39-23-27-49-52(33-39)66(41-25-29-58-46(35-41)44-17-9-13-21-56(44)69-58)54-37-43(68-51-20-12-11-19-48(51)63(7)31-15-16-32-64(63,68)8)38-55-60(54)65(49)50-28-24-40(62(4,5)6)34-53(50)67(55)42-26-30-59-47(36-42)45-18-10-14-22-57(45)70-59/h9-14,17-30,33-38H,15-16,31-32H2,1-8H3. The van der Waals surface area contributed by atoms with Crippen molar-refractivity contribution in [2.45, 2.75) is 103 Å². The molecule has 5 heterocycles. The minimum absolute atomic E-state index is 0.0138. The molecule has 4 aliphatic rings. The number of hydrogen-bond donors (Lipinski definition) is 0. The number of para-hydroxylation sites is 3. The molecule has 0 radical (unpaired) electrons. The Labute approximate surface area is 411 Å². The summed E-state index contributed by atoms with van der Waals surface area (Å²) in [6, 6.07) is 59.7. The summed E-state index contributed by atoms with van der Waals surface area (Å²) in [5.41, 5.74) is 21.0. The third kappa shape index (κ3) is 5.68. The van der Waals surface area contributed by atoms with Crippen molar-refractivity contribution < 1.29 is 8.83 Å². The first kappa shape index (κ1) is 41.8. The molecule has 0 N–H and O–H groups in total. The molecule has 1 aliphatic carbocycles. The topological polar surface area (TPSA) is 36.0 Å². The first-order chi connectivity index (χ1) is 33.7. The second-order valence-electron chi connectivity index (χ2n) is 23.3. The number of fused-ring (bicyclic) bond motifs is 13. The zero-order valence-corrected chi connectivity index (χ0v) is 41.6. The normalized spacial score (nSPS) is 19.5. The van der Waals surface area contributed by atoms with Gasteiger partial charge in [-0.25, -0.2) is 0 Å². The summed E-state index contributed by atoms with van der Waals surface area (Å²) in [5, 5.41) is 4.50. The van der Waals surface area contributed by atoms with Gasteiger partial charge in [-0.15, -0.1) is 0 Å². The van der Waals surface area contributed by atoms with Crippen LogP contribution < -0.4 is 31.1 Å².